The molecule has 0 aliphatic carbocycles. The van der Waals surface area contributed by atoms with Crippen molar-refractivity contribution in [3.05, 3.63) is 129 Å². The minimum Gasteiger partial charge on any atom is -0.508 e. The van der Waals surface area contributed by atoms with Gasteiger partial charge in [-0.3, -0.25) is 33.6 Å². The number of phenols is 3. The van der Waals surface area contributed by atoms with Crippen molar-refractivity contribution in [2.24, 2.45) is 29.2 Å². The number of phenolic OH excluding ortho intramolecular Hbond substituents is 3. The molecule has 30 nitrogen and oxygen atoms in total. The molecule has 5 aromatic carbocycles. The normalized spacial score (nSPS) is 26.9. The fourth-order valence-corrected chi connectivity index (χ4v) is 17.2. The van der Waals surface area contributed by atoms with E-state index in [-0.39, 0.29) is 91.4 Å². The Morgan fingerprint density at radius 2 is 1.31 bits per heavy atom. The van der Waals surface area contributed by atoms with Gasteiger partial charge < -0.3 is 117 Å². The second kappa shape index (κ2) is 42.2. The Kier molecular flexibility index (Phi) is 33.0. The van der Waals surface area contributed by atoms with E-state index in [2.05, 4.69) is 54.2 Å². The molecule has 2 fully saturated rings. The van der Waals surface area contributed by atoms with Gasteiger partial charge in [-0.1, -0.05) is 133 Å². The van der Waals surface area contributed by atoms with Crippen molar-refractivity contribution in [2.45, 2.75) is 254 Å². The molecule has 0 saturated carbocycles. The number of ketones is 2. The number of hydrogen-bond acceptors (Lipinski definition) is 24. The van der Waals surface area contributed by atoms with Gasteiger partial charge in [-0.05, 0) is 140 Å². The number of nitrogens with zero attached hydrogens (tertiary/aromatic N) is 1. The average molecular weight is 1730 g/mol. The highest BCUT2D eigenvalue weighted by Gasteiger charge is 2.52. The Labute approximate surface area is 715 Å². The van der Waals surface area contributed by atoms with Crippen molar-refractivity contribution in [3.63, 3.8) is 0 Å². The molecule has 5 aromatic rings. The van der Waals surface area contributed by atoms with E-state index in [4.69, 9.17) is 63.1 Å². The zero-order chi connectivity index (χ0) is 88.1. The number of primary amides is 1. The highest BCUT2D eigenvalue weighted by molar-refractivity contribution is 6.32. The van der Waals surface area contributed by atoms with E-state index in [9.17, 15) is 55.5 Å². The largest absolute Gasteiger partial charge is 0.508 e. The Hall–Kier alpha value is -8.57. The van der Waals surface area contributed by atoms with Gasteiger partial charge in [-0.2, -0.15) is 0 Å². The lowest BCUT2D eigenvalue weighted by atomic mass is 9.78. The number of hydrogen-bond donors (Lipinski definition) is 16. The molecule has 2 saturated heterocycles. The van der Waals surface area contributed by atoms with Gasteiger partial charge in [-0.15, -0.1) is 0 Å². The average Bonchev–Trinajstić information content (AvgIpc) is 0.740. The fourth-order valence-electron chi connectivity index (χ4n) is 16.8. The van der Waals surface area contributed by atoms with Crippen molar-refractivity contribution in [1.29, 1.82) is 0 Å². The van der Waals surface area contributed by atoms with Gasteiger partial charge in [0.25, 0.3) is 0 Å². The van der Waals surface area contributed by atoms with E-state index in [1.54, 1.807) is 6.92 Å². The molecule has 18 N–H and O–H groups in total. The molecule has 17 unspecified atom stereocenters. The first-order valence-electron chi connectivity index (χ1n) is 42.1. The summed E-state index contributed by atoms with van der Waals surface area (Å²) in [5.74, 6) is -15.3. The smallest absolute Gasteiger partial charge is 0.247 e. The van der Waals surface area contributed by atoms with Crippen molar-refractivity contribution in [2.75, 3.05) is 47.4 Å². The third-order valence-electron chi connectivity index (χ3n) is 23.7. The van der Waals surface area contributed by atoms with Crippen molar-refractivity contribution < 1.29 is 112 Å². The van der Waals surface area contributed by atoms with Crippen LogP contribution < -0.4 is 52.3 Å². The topological polar surface area (TPSA) is 469 Å². The van der Waals surface area contributed by atoms with Crippen LogP contribution in [0.5, 0.6) is 46.0 Å². The number of quaternary nitrogens is 1. The van der Waals surface area contributed by atoms with E-state index >= 15 is 24.0 Å². The number of fused-ring (bicyclic) bond motifs is 15. The van der Waals surface area contributed by atoms with Crippen LogP contribution in [0.3, 0.4) is 0 Å². The molecule has 18 atom stereocenters. The number of aliphatic hydroxyl groups is 6. The minimum atomic E-state index is -1.99. The summed E-state index contributed by atoms with van der Waals surface area (Å²) in [6.45, 7) is 14.3. The summed E-state index contributed by atoms with van der Waals surface area (Å²) in [5.41, 5.74) is 10.2. The van der Waals surface area contributed by atoms with Gasteiger partial charge in [0.2, 0.25) is 41.6 Å². The van der Waals surface area contributed by atoms with Crippen LogP contribution in [-0.4, -0.2) is 206 Å². The van der Waals surface area contributed by atoms with Gasteiger partial charge in [-0.25, -0.2) is 0 Å². The first-order valence-corrected chi connectivity index (χ1v) is 42.8. The number of rotatable bonds is 30. The van der Waals surface area contributed by atoms with Crippen molar-refractivity contribution in [1.82, 2.24) is 26.6 Å². The third kappa shape index (κ3) is 23.9. The maximum absolute atomic E-state index is 16.2. The standard InChI is InChI=1S/C89H120Cl2N8O22/c1-10-11-12-13-14-15-16-17-18-19-20-21-30-99(8,9)31-22-29-95-87(115)75-57-41-54(101)42-64(104)73(57)56-34-49(23-26-62(56)102)55-33-47(4)74-52-38-68(117-66-27-24-50(35-59(66)90)77(107)58(43-63(55)103)85(113)97-75)81(121-88-82(80(110)79(109)70(45-100)119-88)120-72-44-89(6,93)83(111)48(5)116-72)69(39-52)118-67-28-25-51(36-60(67)91)78(108)76(98-86(114)61(94-7)32-46(2)3)65(105)37-53(40-71(92)106)84(112)96-74/h23-28,34-36,38-39,41-42,46,48,53,55,58,61,70,72,74-80,82-83,88,94,100,107-111H,4,10-22,29-33,37,40,43-45,93H2,1-3,5-9H3,(H8-,92,95,96,97,98,101,102,104,106,112,113,114,115)/p+1/t48?,53?,55?,58-,61?,70?,72?,74?,75?,76?,77?,78?,79?,80?,82?,83?,88?,89?/m0/s1. The molecule has 7 aliphatic rings. The Bertz CT molecular complexity index is 4510. The molecule has 121 heavy (non-hydrogen) atoms. The lowest BCUT2D eigenvalue weighted by Gasteiger charge is -2.47. The third-order valence-corrected chi connectivity index (χ3v) is 24.3. The number of aromatic hydroxyl groups is 3. The number of halogens is 2. The number of carbonyl (C=O) groups excluding carboxylic acids is 7. The highest BCUT2D eigenvalue weighted by Crippen LogP contribution is 2.52. The monoisotopic (exact) mass is 1720 g/mol. The van der Waals surface area contributed by atoms with E-state index in [0.29, 0.717) is 17.4 Å². The number of unbranched alkanes of at least 4 members (excludes halogenated alkanes) is 11. The molecule has 12 rings (SSSR count). The zero-order valence-corrected chi connectivity index (χ0v) is 71.6. The fraction of sp³-hybridized carbons (Fsp3) is 0.562. The van der Waals surface area contributed by atoms with Crippen LogP contribution in [0.25, 0.3) is 11.1 Å². The van der Waals surface area contributed by atoms with E-state index < -0.39 is 217 Å². The number of aliphatic hydroxyl groups excluding tert-OH is 6. The molecule has 7 heterocycles. The van der Waals surface area contributed by atoms with Crippen LogP contribution in [-0.2, 0) is 47.8 Å². The molecule has 0 spiro atoms. The lowest BCUT2D eigenvalue weighted by molar-refractivity contribution is -0.890. The van der Waals surface area contributed by atoms with Crippen LogP contribution in [0.4, 0.5) is 0 Å². The van der Waals surface area contributed by atoms with Gasteiger partial charge >= 0.3 is 0 Å². The predicted molar refractivity (Wildman–Crippen MR) is 450 cm³/mol. The van der Waals surface area contributed by atoms with Crippen LogP contribution in [0.1, 0.15) is 215 Å². The van der Waals surface area contributed by atoms with Crippen molar-refractivity contribution >= 4 is 64.3 Å². The maximum atomic E-state index is 16.2. The molecule has 0 aromatic heterocycles. The molecular weight excluding hydrogens is 1600 g/mol. The quantitative estimate of drug-likeness (QED) is 0.0116. The van der Waals surface area contributed by atoms with Crippen LogP contribution >= 0.6 is 23.2 Å². The number of amides is 5. The number of ether oxygens (including phenoxy) is 6. The molecule has 0 radical (unpaired) electrons. The molecule has 7 aliphatic heterocycles. The summed E-state index contributed by atoms with van der Waals surface area (Å²) in [7, 11) is 5.76. The number of nitrogens with two attached hydrogens (primary N) is 2. The van der Waals surface area contributed by atoms with E-state index in [0.717, 1.165) is 37.9 Å². The number of nitrogens with one attached hydrogen (secondary N) is 5. The molecular formula is C89H121Cl2N8O22+. The Morgan fingerprint density at radius 3 is 1.90 bits per heavy atom. The number of benzene rings is 5. The van der Waals surface area contributed by atoms with E-state index in [1.807, 2.05) is 13.8 Å². The van der Waals surface area contributed by atoms with Crippen molar-refractivity contribution in [3.8, 4) is 57.1 Å². The van der Waals surface area contributed by atoms with Crippen LogP contribution in [0.15, 0.2) is 91.0 Å². The summed E-state index contributed by atoms with van der Waals surface area (Å²) >= 11 is 14.5. The number of likely N-dealkylation sites (N-methyl/N-ethyl adjacent to an activating group) is 1. The predicted octanol–water partition coefficient (Wildman–Crippen LogP) is 9.36. The first-order chi connectivity index (χ1) is 57.4. The SMILES string of the molecule is C=C1CC2C(=O)C[C@H](C(=O)NC(C(=O)NCCC[N+](C)(C)CCCCCCCCCCCCCC)c3cc(O)cc(O)c3-c3cc2ccc3O)C(O)c2ccc(c(Cl)c2)Oc2cc3cc(c2OC2OC(CO)C(O)C(O)C2OC2CC(C)(N)C(O)C(C)O2)Oc2ccc(cc2Cl)C(O)C(NC(=O)C(CC(C)C)NC)C(=O)CC(CC(N)=O)C(=O)NC13. The Balaban J connectivity index is 1.12. The van der Waals surface area contributed by atoms with E-state index in [1.165, 1.54) is 138 Å². The molecule has 11 bridgehead atoms. The summed E-state index contributed by atoms with van der Waals surface area (Å²) < 4.78 is 40.0. The van der Waals surface area contributed by atoms with Crippen LogP contribution in [0, 0.1) is 17.8 Å². The molecule has 5 amide bonds. The molecule has 662 valence electrons. The lowest BCUT2D eigenvalue weighted by Crippen LogP contribution is -2.64. The highest BCUT2D eigenvalue weighted by atomic mass is 35.5. The molecule has 32 heteroatoms. The van der Waals surface area contributed by atoms with Gasteiger partial charge in [0.1, 0.15) is 71.0 Å². The second-order valence-corrected chi connectivity index (χ2v) is 35.2. The van der Waals surface area contributed by atoms with Crippen LogP contribution in [0.2, 0.25) is 10.0 Å². The zero-order valence-electron chi connectivity index (χ0n) is 70.1. The Morgan fingerprint density at radius 1 is 0.711 bits per heavy atom. The maximum Gasteiger partial charge on any atom is 0.247 e. The summed E-state index contributed by atoms with van der Waals surface area (Å²) in [6, 6.07) is 10.0. The second-order valence-electron chi connectivity index (χ2n) is 34.4. The van der Waals surface area contributed by atoms with Gasteiger partial charge in [0.05, 0.1) is 86.1 Å². The first kappa shape index (κ1) is 94.7. The number of Topliss-reactive ketones (excluding diaryl/α,β-unsaturated/α-hetero) is 2. The minimum absolute atomic E-state index is 0.0514. The summed E-state index contributed by atoms with van der Waals surface area (Å²) in [6.07, 6.45) is -4.67. The number of carbonyl (C=O) groups is 7. The van der Waals surface area contributed by atoms with Gasteiger partial charge in [0.15, 0.2) is 29.7 Å². The summed E-state index contributed by atoms with van der Waals surface area (Å²) in [4.78, 5) is 106. The van der Waals surface area contributed by atoms with Gasteiger partial charge in [0, 0.05) is 67.3 Å². The summed E-state index contributed by atoms with van der Waals surface area (Å²) in [5, 5.41) is 120.